The molecule has 0 bridgehead atoms. The van der Waals surface area contributed by atoms with E-state index in [2.05, 4.69) is 16.4 Å². The molecule has 0 amide bonds. The smallest absolute Gasteiger partial charge is 0.148 e. The van der Waals surface area contributed by atoms with Crippen LogP contribution in [0.4, 0.5) is 11.5 Å². The SMILES string of the molecule is Cc1cc(C)c(C#N)c(Nc2cccc(Cl)c2Cl)n1. The second-order valence-electron chi connectivity index (χ2n) is 4.14. The van der Waals surface area contributed by atoms with Crippen molar-refractivity contribution in [3.63, 3.8) is 0 Å². The van der Waals surface area contributed by atoms with Gasteiger partial charge in [-0.3, -0.25) is 0 Å². The van der Waals surface area contributed by atoms with E-state index in [1.807, 2.05) is 19.9 Å². The van der Waals surface area contributed by atoms with Crippen molar-refractivity contribution in [3.05, 3.63) is 51.1 Å². The molecule has 1 aromatic heterocycles. The normalized spacial score (nSPS) is 10.1. The Morgan fingerprint density at radius 3 is 2.68 bits per heavy atom. The zero-order valence-electron chi connectivity index (χ0n) is 10.5. The number of aryl methyl sites for hydroxylation is 2. The average Bonchev–Trinajstić information content (AvgIpc) is 2.34. The lowest BCUT2D eigenvalue weighted by Gasteiger charge is -2.12. The summed E-state index contributed by atoms with van der Waals surface area (Å²) in [5.74, 6) is 0.490. The molecule has 0 saturated carbocycles. The Balaban J connectivity index is 2.50. The highest BCUT2D eigenvalue weighted by Crippen LogP contribution is 2.32. The lowest BCUT2D eigenvalue weighted by molar-refractivity contribution is 1.16. The van der Waals surface area contributed by atoms with Crippen LogP contribution in [0, 0.1) is 25.2 Å². The van der Waals surface area contributed by atoms with Crippen LogP contribution in [0.25, 0.3) is 0 Å². The van der Waals surface area contributed by atoms with Gasteiger partial charge in [-0.15, -0.1) is 0 Å². The first-order valence-electron chi connectivity index (χ1n) is 5.62. The molecule has 19 heavy (non-hydrogen) atoms. The number of aromatic nitrogens is 1. The van der Waals surface area contributed by atoms with Gasteiger partial charge in [0.05, 0.1) is 21.3 Å². The number of nitrogens with one attached hydrogen (secondary N) is 1. The van der Waals surface area contributed by atoms with Gasteiger partial charge >= 0.3 is 0 Å². The molecule has 0 radical (unpaired) electrons. The molecular weight excluding hydrogens is 281 g/mol. The molecule has 3 nitrogen and oxygen atoms in total. The van der Waals surface area contributed by atoms with Gasteiger partial charge in [0, 0.05) is 5.69 Å². The Bertz CT molecular complexity index is 675. The first kappa shape index (κ1) is 13.7. The highest BCUT2D eigenvalue weighted by molar-refractivity contribution is 6.43. The number of pyridine rings is 1. The van der Waals surface area contributed by atoms with Gasteiger partial charge in [0.25, 0.3) is 0 Å². The molecule has 0 saturated heterocycles. The molecule has 0 unspecified atom stereocenters. The monoisotopic (exact) mass is 291 g/mol. The van der Waals surface area contributed by atoms with Crippen molar-refractivity contribution in [2.75, 3.05) is 5.32 Å². The summed E-state index contributed by atoms with van der Waals surface area (Å²) in [6.45, 7) is 3.75. The second-order valence-corrected chi connectivity index (χ2v) is 4.93. The number of hydrogen-bond donors (Lipinski definition) is 1. The van der Waals surface area contributed by atoms with E-state index in [0.717, 1.165) is 11.3 Å². The summed E-state index contributed by atoms with van der Waals surface area (Å²) in [6.07, 6.45) is 0. The minimum absolute atomic E-state index is 0.411. The Labute approximate surface area is 121 Å². The maximum Gasteiger partial charge on any atom is 0.148 e. The number of nitriles is 1. The summed E-state index contributed by atoms with van der Waals surface area (Å²) in [4.78, 5) is 4.34. The summed E-state index contributed by atoms with van der Waals surface area (Å²) in [5.41, 5.74) is 2.83. The van der Waals surface area contributed by atoms with Crippen molar-refractivity contribution in [2.45, 2.75) is 13.8 Å². The van der Waals surface area contributed by atoms with Gasteiger partial charge in [0.2, 0.25) is 0 Å². The Hall–Kier alpha value is -1.76. The van der Waals surface area contributed by atoms with E-state index in [9.17, 15) is 5.26 Å². The fourth-order valence-electron chi connectivity index (χ4n) is 1.80. The standard InChI is InChI=1S/C14H11Cl2N3/c1-8-6-9(2)18-14(10(8)7-17)19-12-5-3-4-11(15)13(12)16/h3-6H,1-2H3,(H,18,19). The molecular formula is C14H11Cl2N3. The van der Waals surface area contributed by atoms with E-state index in [-0.39, 0.29) is 0 Å². The van der Waals surface area contributed by atoms with Gasteiger partial charge < -0.3 is 5.32 Å². The zero-order valence-corrected chi connectivity index (χ0v) is 12.0. The predicted molar refractivity (Wildman–Crippen MR) is 78.2 cm³/mol. The molecule has 0 aliphatic rings. The van der Waals surface area contributed by atoms with Crippen LogP contribution in [0.5, 0.6) is 0 Å². The van der Waals surface area contributed by atoms with Crippen LogP contribution in [0.3, 0.4) is 0 Å². The number of benzene rings is 1. The Morgan fingerprint density at radius 2 is 2.00 bits per heavy atom. The lowest BCUT2D eigenvalue weighted by atomic mass is 10.1. The van der Waals surface area contributed by atoms with Crippen LogP contribution in [-0.4, -0.2) is 4.98 Å². The number of anilines is 2. The largest absolute Gasteiger partial charge is 0.338 e. The molecule has 2 aromatic rings. The van der Waals surface area contributed by atoms with Crippen LogP contribution in [-0.2, 0) is 0 Å². The van der Waals surface area contributed by atoms with Gasteiger partial charge in [-0.05, 0) is 37.6 Å². The van der Waals surface area contributed by atoms with Crippen LogP contribution in [0.1, 0.15) is 16.8 Å². The minimum atomic E-state index is 0.411. The number of nitrogens with zero attached hydrogens (tertiary/aromatic N) is 2. The van der Waals surface area contributed by atoms with Crippen molar-refractivity contribution in [1.29, 1.82) is 5.26 Å². The average molecular weight is 292 g/mol. The number of hydrogen-bond acceptors (Lipinski definition) is 3. The van der Waals surface area contributed by atoms with E-state index in [1.165, 1.54) is 0 Å². The van der Waals surface area contributed by atoms with Gasteiger partial charge in [0.1, 0.15) is 11.9 Å². The molecule has 1 N–H and O–H groups in total. The van der Waals surface area contributed by atoms with Crippen LogP contribution in [0.2, 0.25) is 10.0 Å². The first-order chi connectivity index (χ1) is 9.02. The fourth-order valence-corrected chi connectivity index (χ4v) is 2.14. The Kier molecular flexibility index (Phi) is 3.94. The van der Waals surface area contributed by atoms with E-state index < -0.39 is 0 Å². The third-order valence-electron chi connectivity index (χ3n) is 2.66. The predicted octanol–water partition coefficient (Wildman–Crippen LogP) is 4.62. The molecule has 0 aliphatic heterocycles. The first-order valence-corrected chi connectivity index (χ1v) is 6.38. The third-order valence-corrected chi connectivity index (χ3v) is 3.48. The lowest BCUT2D eigenvalue weighted by Crippen LogP contribution is -2.01. The van der Waals surface area contributed by atoms with E-state index in [4.69, 9.17) is 23.2 Å². The zero-order chi connectivity index (χ0) is 14.0. The highest BCUT2D eigenvalue weighted by Gasteiger charge is 2.11. The quantitative estimate of drug-likeness (QED) is 0.878. The summed E-state index contributed by atoms with van der Waals surface area (Å²) in [6, 6.07) is 9.28. The highest BCUT2D eigenvalue weighted by atomic mass is 35.5. The van der Waals surface area contributed by atoms with Crippen molar-refractivity contribution < 1.29 is 0 Å². The van der Waals surface area contributed by atoms with Gasteiger partial charge in [-0.1, -0.05) is 29.3 Å². The van der Waals surface area contributed by atoms with Crippen LogP contribution in [0.15, 0.2) is 24.3 Å². The molecule has 1 heterocycles. The molecule has 1 aromatic carbocycles. The maximum atomic E-state index is 9.20. The minimum Gasteiger partial charge on any atom is -0.338 e. The third kappa shape index (κ3) is 2.81. The van der Waals surface area contributed by atoms with Crippen molar-refractivity contribution in [3.8, 4) is 6.07 Å². The van der Waals surface area contributed by atoms with E-state index in [1.54, 1.807) is 18.2 Å². The molecule has 0 spiro atoms. The van der Waals surface area contributed by atoms with Crippen molar-refractivity contribution in [1.82, 2.24) is 4.98 Å². The molecule has 0 aliphatic carbocycles. The van der Waals surface area contributed by atoms with Crippen LogP contribution < -0.4 is 5.32 Å². The molecule has 96 valence electrons. The molecule has 0 atom stereocenters. The van der Waals surface area contributed by atoms with Crippen molar-refractivity contribution in [2.24, 2.45) is 0 Å². The van der Waals surface area contributed by atoms with Crippen LogP contribution >= 0.6 is 23.2 Å². The molecule has 0 fully saturated rings. The summed E-state index contributed by atoms with van der Waals surface area (Å²) >= 11 is 12.1. The summed E-state index contributed by atoms with van der Waals surface area (Å²) < 4.78 is 0. The van der Waals surface area contributed by atoms with Crippen molar-refractivity contribution >= 4 is 34.7 Å². The van der Waals surface area contributed by atoms with Gasteiger partial charge in [0.15, 0.2) is 0 Å². The van der Waals surface area contributed by atoms with Gasteiger partial charge in [-0.2, -0.15) is 5.26 Å². The maximum absolute atomic E-state index is 9.20. The number of rotatable bonds is 2. The summed E-state index contributed by atoms with van der Waals surface area (Å²) in [5, 5.41) is 13.1. The topological polar surface area (TPSA) is 48.7 Å². The van der Waals surface area contributed by atoms with E-state index in [0.29, 0.717) is 27.1 Å². The van der Waals surface area contributed by atoms with E-state index >= 15 is 0 Å². The second kappa shape index (κ2) is 5.48. The summed E-state index contributed by atoms with van der Waals surface area (Å²) in [7, 11) is 0. The fraction of sp³-hybridized carbons (Fsp3) is 0.143. The molecule has 5 heteroatoms. The number of halogens is 2. The Morgan fingerprint density at radius 1 is 1.26 bits per heavy atom. The van der Waals surface area contributed by atoms with Gasteiger partial charge in [-0.25, -0.2) is 4.98 Å². The molecule has 2 rings (SSSR count).